The smallest absolute Gasteiger partial charge is 0.235 e. The van der Waals surface area contributed by atoms with Crippen LogP contribution in [0.4, 0.5) is 11.4 Å². The molecule has 2 aromatic carbocycles. The predicted octanol–water partition coefficient (Wildman–Crippen LogP) is 3.59. The number of hydrogen-bond donors (Lipinski definition) is 2. The Labute approximate surface area is 122 Å². The number of amides is 1. The summed E-state index contributed by atoms with van der Waals surface area (Å²) in [5.74, 6) is -0.0174. The van der Waals surface area contributed by atoms with Gasteiger partial charge in [-0.1, -0.05) is 41.9 Å². The monoisotopic (exact) mass is 286 g/mol. The van der Waals surface area contributed by atoms with Crippen molar-refractivity contribution in [3.63, 3.8) is 0 Å². The van der Waals surface area contributed by atoms with Crippen molar-refractivity contribution in [2.24, 2.45) is 0 Å². The molecular weight excluding hydrogens is 272 g/mol. The van der Waals surface area contributed by atoms with Crippen LogP contribution in [0.3, 0.4) is 0 Å². The Balaban J connectivity index is 1.85. The van der Waals surface area contributed by atoms with Crippen LogP contribution in [0.2, 0.25) is 5.02 Å². The molecule has 1 fully saturated rings. The van der Waals surface area contributed by atoms with E-state index in [0.717, 1.165) is 18.4 Å². The lowest BCUT2D eigenvalue weighted by atomic mass is 9.95. The highest BCUT2D eigenvalue weighted by Gasteiger charge is 2.51. The SMILES string of the molecule is Nc1ccc(Cl)c(NC(=O)C2(c3ccccc3)CC2)c1. The maximum Gasteiger partial charge on any atom is 0.235 e. The fourth-order valence-electron chi connectivity index (χ4n) is 2.41. The minimum atomic E-state index is -0.408. The Hall–Kier alpha value is -2.00. The molecule has 0 bridgehead atoms. The van der Waals surface area contributed by atoms with Gasteiger partial charge in [-0.15, -0.1) is 0 Å². The van der Waals surface area contributed by atoms with E-state index in [1.54, 1.807) is 18.2 Å². The molecule has 0 atom stereocenters. The number of carbonyl (C=O) groups is 1. The van der Waals surface area contributed by atoms with Crippen LogP contribution >= 0.6 is 11.6 Å². The van der Waals surface area contributed by atoms with Gasteiger partial charge in [0, 0.05) is 5.69 Å². The molecule has 0 heterocycles. The van der Waals surface area contributed by atoms with Gasteiger partial charge in [-0.3, -0.25) is 4.79 Å². The molecule has 3 rings (SSSR count). The summed E-state index contributed by atoms with van der Waals surface area (Å²) in [6, 6.07) is 14.9. The van der Waals surface area contributed by atoms with E-state index in [0.29, 0.717) is 16.4 Å². The van der Waals surface area contributed by atoms with Crippen molar-refractivity contribution in [1.82, 2.24) is 0 Å². The van der Waals surface area contributed by atoms with E-state index in [1.165, 1.54) is 0 Å². The van der Waals surface area contributed by atoms with Gasteiger partial charge in [-0.05, 0) is 36.6 Å². The van der Waals surface area contributed by atoms with Crippen LogP contribution in [0.1, 0.15) is 18.4 Å². The zero-order valence-corrected chi connectivity index (χ0v) is 11.7. The van der Waals surface area contributed by atoms with Crippen LogP contribution in [-0.2, 0) is 10.2 Å². The number of hydrogen-bond acceptors (Lipinski definition) is 2. The maximum absolute atomic E-state index is 12.6. The third kappa shape index (κ3) is 2.25. The number of nitrogens with one attached hydrogen (secondary N) is 1. The minimum Gasteiger partial charge on any atom is -0.399 e. The molecule has 20 heavy (non-hydrogen) atoms. The Morgan fingerprint density at radius 3 is 2.50 bits per heavy atom. The van der Waals surface area contributed by atoms with Crippen molar-refractivity contribution in [2.45, 2.75) is 18.3 Å². The van der Waals surface area contributed by atoms with Gasteiger partial charge in [-0.2, -0.15) is 0 Å². The van der Waals surface area contributed by atoms with Crippen LogP contribution in [-0.4, -0.2) is 5.91 Å². The van der Waals surface area contributed by atoms with E-state index in [9.17, 15) is 4.79 Å². The Bertz CT molecular complexity index is 651. The van der Waals surface area contributed by atoms with Crippen LogP contribution in [0.5, 0.6) is 0 Å². The molecule has 0 spiro atoms. The number of nitrogens with two attached hydrogens (primary N) is 1. The summed E-state index contributed by atoms with van der Waals surface area (Å²) in [7, 11) is 0. The standard InChI is InChI=1S/C16H15ClN2O/c17-13-7-6-12(18)10-14(13)19-15(20)16(8-9-16)11-4-2-1-3-5-11/h1-7,10H,8-9,18H2,(H,19,20). The molecule has 0 aromatic heterocycles. The van der Waals surface area contributed by atoms with Gasteiger partial charge in [0.05, 0.1) is 16.1 Å². The van der Waals surface area contributed by atoms with Crippen molar-refractivity contribution in [2.75, 3.05) is 11.1 Å². The third-order valence-electron chi connectivity index (χ3n) is 3.75. The molecule has 1 saturated carbocycles. The summed E-state index contributed by atoms with van der Waals surface area (Å²) in [4.78, 5) is 12.6. The van der Waals surface area contributed by atoms with Crippen molar-refractivity contribution in [1.29, 1.82) is 0 Å². The number of anilines is 2. The normalized spacial score (nSPS) is 15.7. The highest BCUT2D eigenvalue weighted by molar-refractivity contribution is 6.34. The first-order valence-electron chi connectivity index (χ1n) is 6.54. The molecule has 3 N–H and O–H groups in total. The zero-order chi connectivity index (χ0) is 14.2. The van der Waals surface area contributed by atoms with E-state index in [4.69, 9.17) is 17.3 Å². The first-order valence-corrected chi connectivity index (χ1v) is 6.92. The van der Waals surface area contributed by atoms with E-state index in [2.05, 4.69) is 5.32 Å². The van der Waals surface area contributed by atoms with Crippen LogP contribution in [0.15, 0.2) is 48.5 Å². The zero-order valence-electron chi connectivity index (χ0n) is 10.9. The quantitative estimate of drug-likeness (QED) is 0.847. The number of benzene rings is 2. The fraction of sp³-hybridized carbons (Fsp3) is 0.188. The molecule has 102 valence electrons. The van der Waals surface area contributed by atoms with Gasteiger partial charge in [-0.25, -0.2) is 0 Å². The van der Waals surface area contributed by atoms with Crippen molar-refractivity contribution >= 4 is 28.9 Å². The van der Waals surface area contributed by atoms with E-state index >= 15 is 0 Å². The highest BCUT2D eigenvalue weighted by Crippen LogP contribution is 2.49. The van der Waals surface area contributed by atoms with Gasteiger partial charge in [0.2, 0.25) is 5.91 Å². The molecular formula is C16H15ClN2O. The van der Waals surface area contributed by atoms with Crippen molar-refractivity contribution in [3.05, 3.63) is 59.1 Å². The number of nitrogen functional groups attached to an aromatic ring is 1. The Morgan fingerprint density at radius 1 is 1.15 bits per heavy atom. The largest absolute Gasteiger partial charge is 0.399 e. The highest BCUT2D eigenvalue weighted by atomic mass is 35.5. The number of rotatable bonds is 3. The Kier molecular flexibility index (Phi) is 3.14. The fourth-order valence-corrected chi connectivity index (χ4v) is 2.57. The van der Waals surface area contributed by atoms with Gasteiger partial charge < -0.3 is 11.1 Å². The summed E-state index contributed by atoms with van der Waals surface area (Å²) >= 11 is 6.09. The van der Waals surface area contributed by atoms with Gasteiger partial charge in [0.1, 0.15) is 0 Å². The second-order valence-electron chi connectivity index (χ2n) is 5.14. The summed E-state index contributed by atoms with van der Waals surface area (Å²) in [6.07, 6.45) is 1.73. The lowest BCUT2D eigenvalue weighted by molar-refractivity contribution is -0.118. The Morgan fingerprint density at radius 2 is 1.85 bits per heavy atom. The molecule has 1 aliphatic rings. The molecule has 0 saturated heterocycles. The summed E-state index contributed by atoms with van der Waals surface area (Å²) in [6.45, 7) is 0. The van der Waals surface area contributed by atoms with E-state index in [-0.39, 0.29) is 5.91 Å². The second kappa shape index (κ2) is 4.84. The topological polar surface area (TPSA) is 55.1 Å². The first-order chi connectivity index (χ1) is 9.62. The molecule has 0 radical (unpaired) electrons. The summed E-state index contributed by atoms with van der Waals surface area (Å²) in [5.41, 5.74) is 7.52. The lowest BCUT2D eigenvalue weighted by Crippen LogP contribution is -2.27. The van der Waals surface area contributed by atoms with E-state index in [1.807, 2.05) is 30.3 Å². The van der Waals surface area contributed by atoms with Crippen molar-refractivity contribution < 1.29 is 4.79 Å². The average molecular weight is 287 g/mol. The van der Waals surface area contributed by atoms with Gasteiger partial charge in [0.15, 0.2) is 0 Å². The van der Waals surface area contributed by atoms with Gasteiger partial charge in [0.25, 0.3) is 0 Å². The number of halogens is 1. The van der Waals surface area contributed by atoms with Crippen molar-refractivity contribution in [3.8, 4) is 0 Å². The molecule has 1 aliphatic carbocycles. The maximum atomic E-state index is 12.6. The third-order valence-corrected chi connectivity index (χ3v) is 4.08. The molecule has 3 nitrogen and oxygen atoms in total. The predicted molar refractivity (Wildman–Crippen MR) is 81.8 cm³/mol. The molecule has 2 aromatic rings. The molecule has 1 amide bonds. The summed E-state index contributed by atoms with van der Waals surface area (Å²) in [5, 5.41) is 3.40. The minimum absolute atomic E-state index is 0.0174. The molecule has 0 unspecified atom stereocenters. The van der Waals surface area contributed by atoms with Gasteiger partial charge >= 0.3 is 0 Å². The van der Waals surface area contributed by atoms with Crippen LogP contribution < -0.4 is 11.1 Å². The van der Waals surface area contributed by atoms with E-state index < -0.39 is 5.41 Å². The first kappa shape index (κ1) is 13.0. The van der Waals surface area contributed by atoms with Crippen LogP contribution in [0.25, 0.3) is 0 Å². The van der Waals surface area contributed by atoms with Crippen LogP contribution in [0, 0.1) is 0 Å². The average Bonchev–Trinajstić information content (AvgIpc) is 3.25. The lowest BCUT2D eigenvalue weighted by Gasteiger charge is -2.16. The molecule has 4 heteroatoms. The summed E-state index contributed by atoms with van der Waals surface area (Å²) < 4.78 is 0. The molecule has 0 aliphatic heterocycles. The second-order valence-corrected chi connectivity index (χ2v) is 5.55. The number of carbonyl (C=O) groups excluding carboxylic acids is 1.